The highest BCUT2D eigenvalue weighted by Crippen LogP contribution is 2.67. The summed E-state index contributed by atoms with van der Waals surface area (Å²) in [6, 6.07) is 8.00. The van der Waals surface area contributed by atoms with Crippen molar-refractivity contribution >= 4 is 11.6 Å². The van der Waals surface area contributed by atoms with Crippen LogP contribution in [-0.2, 0) is 4.79 Å². The fourth-order valence-electron chi connectivity index (χ4n) is 7.47. The second kappa shape index (κ2) is 8.18. The summed E-state index contributed by atoms with van der Waals surface area (Å²) in [5, 5.41) is 21.2. The van der Waals surface area contributed by atoms with Crippen LogP contribution in [0.25, 0.3) is 0 Å². The minimum absolute atomic E-state index is 0.0603. The second-order valence-electron chi connectivity index (χ2n) is 10.7. The van der Waals surface area contributed by atoms with E-state index in [9.17, 15) is 19.8 Å². The normalized spacial score (nSPS) is 35.8. The number of rotatable bonds is 4. The summed E-state index contributed by atoms with van der Waals surface area (Å²) in [4.78, 5) is 24.0. The molecule has 0 unspecified atom stereocenters. The minimum atomic E-state index is -0.938. The maximum Gasteiger partial charge on any atom is 0.159 e. The highest BCUT2D eigenvalue weighted by molar-refractivity contribution is 5.94. The van der Waals surface area contributed by atoms with Gasteiger partial charge < -0.3 is 10.2 Å². The standard InChI is InChI=1S/C29H34O4/c1-18(31)19-4-6-20(7-5-19)25-17-28(2)26(12-14-29(28,33)13-3-15-30)24-10-8-21-16-22(32)9-11-23(21)27(24)25/h3-7,13,16,24-26,30,33H,8-12,14-15,17H2,1-2H3/b13-3-/t24-,25+,26-,28-,29-/m0/s1. The highest BCUT2D eigenvalue weighted by Gasteiger charge is 2.61. The molecule has 4 aliphatic rings. The van der Waals surface area contributed by atoms with Gasteiger partial charge in [-0.25, -0.2) is 0 Å². The number of Topliss-reactive ketones (excluding diaryl/α,β-unsaturated/α-hetero) is 1. The summed E-state index contributed by atoms with van der Waals surface area (Å²) < 4.78 is 0. The molecule has 0 saturated heterocycles. The average Bonchev–Trinajstić information content (AvgIpc) is 3.07. The molecule has 4 nitrogen and oxygen atoms in total. The van der Waals surface area contributed by atoms with E-state index in [4.69, 9.17) is 0 Å². The molecule has 174 valence electrons. The quantitative estimate of drug-likeness (QED) is 0.500. The number of carbonyl (C=O) groups excluding carboxylic acids is 2. The largest absolute Gasteiger partial charge is 0.392 e. The van der Waals surface area contributed by atoms with Crippen molar-refractivity contribution in [3.05, 3.63) is 70.3 Å². The van der Waals surface area contributed by atoms with Crippen LogP contribution >= 0.6 is 0 Å². The zero-order valence-electron chi connectivity index (χ0n) is 19.6. The van der Waals surface area contributed by atoms with Crippen LogP contribution in [0.2, 0.25) is 0 Å². The Bertz CT molecular complexity index is 1080. The first-order chi connectivity index (χ1) is 15.8. The first-order valence-corrected chi connectivity index (χ1v) is 12.4. The molecule has 2 fully saturated rings. The van der Waals surface area contributed by atoms with Gasteiger partial charge in [0.15, 0.2) is 11.6 Å². The van der Waals surface area contributed by atoms with Crippen LogP contribution in [0.4, 0.5) is 0 Å². The molecule has 0 bridgehead atoms. The zero-order chi connectivity index (χ0) is 23.4. The van der Waals surface area contributed by atoms with E-state index >= 15 is 0 Å². The Balaban J connectivity index is 1.66. The average molecular weight is 447 g/mol. The van der Waals surface area contributed by atoms with Crippen molar-refractivity contribution in [3.63, 3.8) is 0 Å². The zero-order valence-corrected chi connectivity index (χ0v) is 19.6. The summed E-state index contributed by atoms with van der Waals surface area (Å²) in [7, 11) is 0. The number of hydrogen-bond donors (Lipinski definition) is 2. The molecule has 4 heteroatoms. The van der Waals surface area contributed by atoms with E-state index in [2.05, 4.69) is 19.1 Å². The van der Waals surface area contributed by atoms with Crippen molar-refractivity contribution in [2.75, 3.05) is 6.61 Å². The van der Waals surface area contributed by atoms with Crippen molar-refractivity contribution in [1.82, 2.24) is 0 Å². The topological polar surface area (TPSA) is 74.6 Å². The van der Waals surface area contributed by atoms with Crippen LogP contribution in [0.1, 0.15) is 80.6 Å². The van der Waals surface area contributed by atoms with Crippen LogP contribution in [-0.4, -0.2) is 34.0 Å². The fourth-order valence-corrected chi connectivity index (χ4v) is 7.47. The fraction of sp³-hybridized carbons (Fsp3) is 0.517. The first-order valence-electron chi connectivity index (χ1n) is 12.4. The van der Waals surface area contributed by atoms with Gasteiger partial charge in [-0.3, -0.25) is 9.59 Å². The smallest absolute Gasteiger partial charge is 0.159 e. The van der Waals surface area contributed by atoms with Gasteiger partial charge in [0.05, 0.1) is 12.2 Å². The molecule has 2 N–H and O–H groups in total. The molecule has 2 saturated carbocycles. The number of benzene rings is 1. The van der Waals surface area contributed by atoms with E-state index in [1.807, 2.05) is 24.3 Å². The Hall–Kier alpha value is -2.30. The van der Waals surface area contributed by atoms with Crippen molar-refractivity contribution in [2.24, 2.45) is 17.3 Å². The Morgan fingerprint density at radius 2 is 1.91 bits per heavy atom. The van der Waals surface area contributed by atoms with Gasteiger partial charge in [0.2, 0.25) is 0 Å². The third kappa shape index (κ3) is 3.50. The molecular weight excluding hydrogens is 412 g/mol. The van der Waals surface area contributed by atoms with Crippen LogP contribution in [0.15, 0.2) is 59.2 Å². The van der Waals surface area contributed by atoms with Crippen molar-refractivity contribution in [3.8, 4) is 0 Å². The molecule has 0 amide bonds. The SMILES string of the molecule is CC(=O)c1ccc([C@H]2C[C@@]3(C)[C@@H](CC[C@@]3(O)/C=C\CO)[C@@H]3CCC4=CC(=O)CCC4=C32)cc1. The molecule has 5 rings (SSSR count). The third-order valence-electron chi connectivity index (χ3n) is 9.17. The molecule has 5 atom stereocenters. The maximum absolute atomic E-state index is 12.2. The molecule has 0 heterocycles. The van der Waals surface area contributed by atoms with Gasteiger partial charge in [0.1, 0.15) is 0 Å². The molecule has 33 heavy (non-hydrogen) atoms. The van der Waals surface area contributed by atoms with Crippen LogP contribution in [0.3, 0.4) is 0 Å². The Morgan fingerprint density at radius 1 is 1.15 bits per heavy atom. The minimum Gasteiger partial charge on any atom is -0.392 e. The molecule has 0 aliphatic heterocycles. The van der Waals surface area contributed by atoms with E-state index in [1.54, 1.807) is 13.0 Å². The molecule has 4 aliphatic carbocycles. The van der Waals surface area contributed by atoms with Gasteiger partial charge in [-0.1, -0.05) is 48.9 Å². The van der Waals surface area contributed by atoms with Gasteiger partial charge >= 0.3 is 0 Å². The number of carbonyl (C=O) groups is 2. The third-order valence-corrected chi connectivity index (χ3v) is 9.17. The van der Waals surface area contributed by atoms with Crippen LogP contribution in [0.5, 0.6) is 0 Å². The molecule has 1 aromatic carbocycles. The summed E-state index contributed by atoms with van der Waals surface area (Å²) in [5.74, 6) is 1.21. The molecular formula is C29H34O4. The summed E-state index contributed by atoms with van der Waals surface area (Å²) in [5.41, 5.74) is 4.74. The van der Waals surface area contributed by atoms with Crippen molar-refractivity contribution in [1.29, 1.82) is 0 Å². The summed E-state index contributed by atoms with van der Waals surface area (Å²) in [6.07, 6.45) is 11.2. The lowest BCUT2D eigenvalue weighted by atomic mass is 9.51. The maximum atomic E-state index is 12.2. The number of aliphatic hydroxyl groups is 2. The second-order valence-corrected chi connectivity index (χ2v) is 10.7. The van der Waals surface area contributed by atoms with Crippen molar-refractivity contribution < 1.29 is 19.8 Å². The van der Waals surface area contributed by atoms with E-state index < -0.39 is 5.60 Å². The van der Waals surface area contributed by atoms with E-state index in [0.717, 1.165) is 32.1 Å². The molecule has 1 aromatic rings. The Kier molecular flexibility index (Phi) is 5.57. The monoisotopic (exact) mass is 446 g/mol. The van der Waals surface area contributed by atoms with Crippen LogP contribution in [0, 0.1) is 17.3 Å². The number of hydrogen-bond acceptors (Lipinski definition) is 4. The van der Waals surface area contributed by atoms with E-state index in [0.29, 0.717) is 30.2 Å². The van der Waals surface area contributed by atoms with Gasteiger partial charge in [0.25, 0.3) is 0 Å². The molecule has 0 aromatic heterocycles. The lowest BCUT2D eigenvalue weighted by Gasteiger charge is -2.54. The van der Waals surface area contributed by atoms with Gasteiger partial charge in [-0.2, -0.15) is 0 Å². The lowest BCUT2D eigenvalue weighted by molar-refractivity contribution is -0.114. The number of allylic oxidation sites excluding steroid dienone is 4. The van der Waals surface area contributed by atoms with E-state index in [1.165, 1.54) is 22.3 Å². The number of fused-ring (bicyclic) bond motifs is 4. The summed E-state index contributed by atoms with van der Waals surface area (Å²) >= 11 is 0. The lowest BCUT2D eigenvalue weighted by Crippen LogP contribution is -2.50. The Morgan fingerprint density at radius 3 is 2.61 bits per heavy atom. The van der Waals surface area contributed by atoms with Crippen LogP contribution < -0.4 is 0 Å². The molecule has 0 spiro atoms. The van der Waals surface area contributed by atoms with Gasteiger partial charge in [0, 0.05) is 23.3 Å². The number of aliphatic hydroxyl groups excluding tert-OH is 1. The predicted molar refractivity (Wildman–Crippen MR) is 128 cm³/mol. The highest BCUT2D eigenvalue weighted by atomic mass is 16.3. The Labute approximate surface area is 196 Å². The van der Waals surface area contributed by atoms with Gasteiger partial charge in [-0.05, 0) is 80.1 Å². The van der Waals surface area contributed by atoms with Gasteiger partial charge in [-0.15, -0.1) is 0 Å². The first kappa shape index (κ1) is 22.5. The predicted octanol–water partition coefficient (Wildman–Crippen LogP) is 5.07. The summed E-state index contributed by atoms with van der Waals surface area (Å²) in [6.45, 7) is 3.76. The van der Waals surface area contributed by atoms with E-state index in [-0.39, 0.29) is 29.5 Å². The van der Waals surface area contributed by atoms with Crippen molar-refractivity contribution in [2.45, 2.75) is 70.3 Å². The number of ketones is 2. The molecule has 0 radical (unpaired) electrons.